The van der Waals surface area contributed by atoms with Crippen molar-refractivity contribution >= 4 is 5.97 Å². The summed E-state index contributed by atoms with van der Waals surface area (Å²) in [6.45, 7) is -0.292. The predicted molar refractivity (Wildman–Crippen MR) is 46.8 cm³/mol. The molecule has 0 aromatic rings. The molecular formula is C9H17NO2. The highest BCUT2D eigenvalue weighted by Gasteiger charge is 2.32. The zero-order valence-corrected chi connectivity index (χ0v) is 6.97. The number of aliphatic carboxylic acids is 1. The van der Waals surface area contributed by atoms with Gasteiger partial charge in [-0.3, -0.25) is 4.79 Å². The van der Waals surface area contributed by atoms with Gasteiger partial charge in [0.05, 0.1) is 6.42 Å². The second-order valence-corrected chi connectivity index (χ2v) is 3.06. The molecule has 0 heterocycles. The molecule has 1 rings (SSSR count). The van der Waals surface area contributed by atoms with Gasteiger partial charge in [-0.05, 0) is 24.7 Å². The summed E-state index contributed by atoms with van der Waals surface area (Å²) in [7, 11) is 0. The van der Waals surface area contributed by atoms with Crippen LogP contribution < -0.4 is 5.73 Å². The summed E-state index contributed by atoms with van der Waals surface area (Å²) in [6.07, 6.45) is -3.57. The molecule has 3 nitrogen and oxygen atoms in total. The molecule has 0 aliphatic heterocycles. The number of nitrogens with two attached hydrogens (primary N) is 1. The van der Waals surface area contributed by atoms with Gasteiger partial charge in [0.25, 0.3) is 0 Å². The van der Waals surface area contributed by atoms with E-state index in [9.17, 15) is 4.79 Å². The maximum Gasteiger partial charge on any atom is 0.303 e. The van der Waals surface area contributed by atoms with Gasteiger partial charge in [-0.2, -0.15) is 0 Å². The van der Waals surface area contributed by atoms with E-state index in [0.717, 1.165) is 0 Å². The van der Waals surface area contributed by atoms with Crippen molar-refractivity contribution in [1.29, 1.82) is 0 Å². The van der Waals surface area contributed by atoms with Gasteiger partial charge in [-0.15, -0.1) is 0 Å². The fraction of sp³-hybridized carbons (Fsp3) is 0.889. The van der Waals surface area contributed by atoms with Gasteiger partial charge >= 0.3 is 5.97 Å². The number of carboxylic acids is 1. The van der Waals surface area contributed by atoms with Gasteiger partial charge < -0.3 is 10.8 Å². The highest BCUT2D eigenvalue weighted by Crippen LogP contribution is 2.38. The van der Waals surface area contributed by atoms with E-state index < -0.39 is 30.6 Å². The molecular weight excluding hydrogens is 154 g/mol. The van der Waals surface area contributed by atoms with Crippen LogP contribution in [0.25, 0.3) is 0 Å². The maximum atomic E-state index is 10.8. The first kappa shape index (κ1) is 5.22. The smallest absolute Gasteiger partial charge is 0.303 e. The van der Waals surface area contributed by atoms with E-state index in [1.807, 2.05) is 0 Å². The lowest BCUT2D eigenvalue weighted by molar-refractivity contribution is -0.140. The lowest BCUT2D eigenvalue weighted by Crippen LogP contribution is -2.34. The molecule has 0 spiro atoms. The second-order valence-electron chi connectivity index (χ2n) is 3.06. The number of carboxylic acid groups (broad SMARTS) is 1. The zero-order valence-electron chi connectivity index (χ0n) is 11.0. The van der Waals surface area contributed by atoms with Crippen LogP contribution in [-0.2, 0) is 4.79 Å². The summed E-state index contributed by atoms with van der Waals surface area (Å²) >= 11 is 0. The van der Waals surface area contributed by atoms with Crippen LogP contribution >= 0.6 is 0 Å². The van der Waals surface area contributed by atoms with E-state index >= 15 is 0 Å². The Labute approximate surface area is 78.6 Å². The van der Waals surface area contributed by atoms with E-state index in [0.29, 0.717) is 6.42 Å². The Hall–Kier alpha value is -0.570. The van der Waals surface area contributed by atoms with Gasteiger partial charge in [-0.1, -0.05) is 19.3 Å². The molecule has 1 fully saturated rings. The first-order chi connectivity index (χ1) is 7.18. The maximum absolute atomic E-state index is 10.8. The van der Waals surface area contributed by atoms with E-state index in [-0.39, 0.29) is 19.4 Å². The molecule has 1 aliphatic rings. The van der Waals surface area contributed by atoms with E-state index in [1.54, 1.807) is 0 Å². The Morgan fingerprint density at radius 1 is 1.50 bits per heavy atom. The molecule has 1 aliphatic carbocycles. The highest BCUT2D eigenvalue weighted by molar-refractivity contribution is 5.67. The van der Waals surface area contributed by atoms with Gasteiger partial charge in [0.1, 0.15) is 0 Å². The van der Waals surface area contributed by atoms with Crippen molar-refractivity contribution in [3.8, 4) is 0 Å². The molecule has 0 radical (unpaired) electrons. The van der Waals surface area contributed by atoms with Gasteiger partial charge in [-0.25, -0.2) is 0 Å². The number of hydrogen-bond donors (Lipinski definition) is 2. The normalized spacial score (nSPS) is 35.4. The average Bonchev–Trinajstić information content (AvgIpc) is 2.10. The largest absolute Gasteiger partial charge is 0.481 e. The van der Waals surface area contributed by atoms with Gasteiger partial charge in [0, 0.05) is 5.48 Å². The first-order valence-electron chi connectivity index (χ1n) is 6.10. The summed E-state index contributed by atoms with van der Waals surface area (Å²) in [5.74, 6) is -1.21. The quantitative estimate of drug-likeness (QED) is 0.681. The molecule has 0 bridgehead atoms. The number of rotatable bonds is 3. The van der Waals surface area contributed by atoms with Crippen molar-refractivity contribution in [3.05, 3.63) is 0 Å². The van der Waals surface area contributed by atoms with Crippen molar-refractivity contribution in [3.63, 3.8) is 0 Å². The fourth-order valence-electron chi connectivity index (χ4n) is 1.41. The summed E-state index contributed by atoms with van der Waals surface area (Å²) < 4.78 is 31.5. The summed E-state index contributed by atoms with van der Waals surface area (Å²) in [4.78, 5) is 10.8. The minimum atomic E-state index is -1.87. The van der Waals surface area contributed by atoms with Crippen LogP contribution in [0, 0.1) is 5.41 Å². The number of hydrogen-bond acceptors (Lipinski definition) is 2. The van der Waals surface area contributed by atoms with Crippen LogP contribution in [0.4, 0.5) is 0 Å². The van der Waals surface area contributed by atoms with Crippen LogP contribution in [0.2, 0.25) is 0 Å². The van der Waals surface area contributed by atoms with E-state index in [4.69, 9.17) is 16.3 Å². The van der Waals surface area contributed by atoms with Crippen molar-refractivity contribution in [1.82, 2.24) is 0 Å². The second kappa shape index (κ2) is 3.90. The first-order valence-corrected chi connectivity index (χ1v) is 4.10. The molecule has 3 N–H and O–H groups in total. The molecule has 3 heteroatoms. The van der Waals surface area contributed by atoms with Crippen LogP contribution in [0.15, 0.2) is 0 Å². The summed E-state index contributed by atoms with van der Waals surface area (Å²) in [5.41, 5.74) is 3.87. The average molecular weight is 175 g/mol. The van der Waals surface area contributed by atoms with Crippen LogP contribution in [0.3, 0.4) is 0 Å². The molecule has 0 atom stereocenters. The Kier molecular flexibility index (Phi) is 1.70. The Bertz CT molecular complexity index is 277. The van der Waals surface area contributed by atoms with Gasteiger partial charge in [0.15, 0.2) is 0 Å². The van der Waals surface area contributed by atoms with Crippen LogP contribution in [-0.4, -0.2) is 17.6 Å². The van der Waals surface area contributed by atoms with Crippen LogP contribution in [0.1, 0.15) is 43.9 Å². The third-order valence-electron chi connectivity index (χ3n) is 2.08. The number of carbonyl (C=O) groups is 1. The van der Waals surface area contributed by atoms with E-state index in [1.165, 1.54) is 0 Å². The molecule has 0 aromatic heterocycles. The lowest BCUT2D eigenvalue weighted by atomic mass is 9.72. The third-order valence-corrected chi connectivity index (χ3v) is 2.08. The Morgan fingerprint density at radius 2 is 2.08 bits per heavy atom. The Morgan fingerprint density at radius 3 is 2.50 bits per heavy atom. The SMILES string of the molecule is [2H]C1([2H])CCCC([2H])([2H])C1(CN)CC(=O)O. The van der Waals surface area contributed by atoms with Crippen molar-refractivity contribution in [2.24, 2.45) is 11.1 Å². The van der Waals surface area contributed by atoms with Crippen molar-refractivity contribution in [2.75, 3.05) is 6.54 Å². The summed E-state index contributed by atoms with van der Waals surface area (Å²) in [5, 5.41) is 8.84. The topological polar surface area (TPSA) is 63.3 Å². The molecule has 12 heavy (non-hydrogen) atoms. The highest BCUT2D eigenvalue weighted by atomic mass is 16.4. The van der Waals surface area contributed by atoms with Crippen molar-refractivity contribution < 1.29 is 15.4 Å². The molecule has 70 valence electrons. The monoisotopic (exact) mass is 175 g/mol. The summed E-state index contributed by atoms with van der Waals surface area (Å²) in [6, 6.07) is 0. The van der Waals surface area contributed by atoms with Crippen molar-refractivity contribution in [2.45, 2.75) is 38.4 Å². The molecule has 0 unspecified atom stereocenters. The molecule has 0 saturated heterocycles. The van der Waals surface area contributed by atoms with E-state index in [2.05, 4.69) is 0 Å². The molecule has 0 aromatic carbocycles. The molecule has 1 saturated carbocycles. The predicted octanol–water partition coefficient (Wildman–Crippen LogP) is 1.37. The third kappa shape index (κ3) is 2.21. The lowest BCUT2D eigenvalue weighted by Gasteiger charge is -2.34. The minimum absolute atomic E-state index is 0.164. The fourth-order valence-corrected chi connectivity index (χ4v) is 1.41. The molecule has 0 amide bonds. The standard InChI is InChI=1S/C9H17NO2/c10-7-9(6-8(11)12)4-2-1-3-5-9/h1-7,10H2,(H,11,12)/i4D2,5D2. The van der Waals surface area contributed by atoms with Gasteiger partial charge in [0.2, 0.25) is 0 Å². The zero-order chi connectivity index (χ0) is 12.6. The van der Waals surface area contributed by atoms with Crippen LogP contribution in [0.5, 0.6) is 0 Å². The minimum Gasteiger partial charge on any atom is -0.481 e. The Balaban J connectivity index is 3.20.